The van der Waals surface area contributed by atoms with E-state index in [1.807, 2.05) is 6.92 Å². The minimum Gasteiger partial charge on any atom is -0.464 e. The molecule has 0 aliphatic heterocycles. The zero-order valence-electron chi connectivity index (χ0n) is 38.0. The van der Waals surface area contributed by atoms with Crippen LogP contribution in [0.15, 0.2) is 0 Å². The van der Waals surface area contributed by atoms with Crippen LogP contribution in [0, 0.1) is 17.8 Å². The van der Waals surface area contributed by atoms with Crippen LogP contribution in [-0.4, -0.2) is 54.9 Å². The second-order valence-electron chi connectivity index (χ2n) is 17.1. The summed E-state index contributed by atoms with van der Waals surface area (Å²) in [5, 5.41) is 0. The molecule has 1 unspecified atom stereocenters. The van der Waals surface area contributed by atoms with Crippen molar-refractivity contribution in [3.05, 3.63) is 0 Å². The Kier molecular flexibility index (Phi) is 40.9. The third-order valence-electron chi connectivity index (χ3n) is 11.8. The van der Waals surface area contributed by atoms with E-state index in [1.54, 1.807) is 4.90 Å². The fourth-order valence-corrected chi connectivity index (χ4v) is 8.16. The third-order valence-corrected chi connectivity index (χ3v) is 12.0. The molecule has 0 bridgehead atoms. The molecule has 1 atom stereocenters. The number of nitrogens with zero attached hydrogens (tertiary/aromatic N) is 1. The van der Waals surface area contributed by atoms with E-state index in [4.69, 9.17) is 21.1 Å². The number of amides is 1. The summed E-state index contributed by atoms with van der Waals surface area (Å²) >= 11 is 6.03. The maximum absolute atomic E-state index is 13.5. The number of rotatable bonds is 43. The molecule has 1 amide bonds. The highest BCUT2D eigenvalue weighted by Gasteiger charge is 2.24. The molecule has 6 nitrogen and oxygen atoms in total. The largest absolute Gasteiger partial charge is 0.464 e. The Morgan fingerprint density at radius 2 is 0.696 bits per heavy atom. The number of alkyl halides is 1. The lowest BCUT2D eigenvalue weighted by atomic mass is 9.94. The zero-order chi connectivity index (χ0) is 41.3. The lowest BCUT2D eigenvalue weighted by Gasteiger charge is -2.26. The normalized spacial score (nSPS) is 12.1. The molecule has 0 rings (SSSR count). The fraction of sp³-hybridized carbons (Fsp3) is 0.939. The minimum absolute atomic E-state index is 0.0249. The van der Waals surface area contributed by atoms with Gasteiger partial charge in [-0.3, -0.25) is 14.4 Å². The topological polar surface area (TPSA) is 72.9 Å². The fourth-order valence-electron chi connectivity index (χ4n) is 7.83. The molecule has 0 saturated carbocycles. The maximum Gasteiger partial charge on any atom is 0.308 e. The predicted molar refractivity (Wildman–Crippen MR) is 240 cm³/mol. The van der Waals surface area contributed by atoms with Gasteiger partial charge in [0, 0.05) is 11.8 Å². The van der Waals surface area contributed by atoms with Gasteiger partial charge in [-0.1, -0.05) is 214 Å². The standard InChI is InChI=1S/C49H94ClNO5/c1-6-10-14-18-22-26-30-34-45(35-31-27-23-19-15-11-7-2)48(53)55-42-40-51(47(52)44(5)38-39-50)41-43-56-49(54)46(36-32-28-24-20-16-12-8-3)37-33-29-25-21-17-13-9-4/h44-46H,6-43H2,1-5H3. The molecular formula is C49H94ClNO5. The lowest BCUT2D eigenvalue weighted by molar-refractivity contribution is -0.153. The maximum atomic E-state index is 13.5. The Labute approximate surface area is 353 Å². The number of carbonyl (C=O) groups is 3. The predicted octanol–water partition coefficient (Wildman–Crippen LogP) is 15.0. The molecule has 0 spiro atoms. The molecule has 0 aliphatic carbocycles. The first kappa shape index (κ1) is 54.7. The second-order valence-corrected chi connectivity index (χ2v) is 17.5. The monoisotopic (exact) mass is 812 g/mol. The van der Waals surface area contributed by atoms with E-state index < -0.39 is 0 Å². The Balaban J connectivity index is 5.25. The summed E-state index contributed by atoms with van der Waals surface area (Å²) in [7, 11) is 0. The van der Waals surface area contributed by atoms with Crippen molar-refractivity contribution >= 4 is 29.4 Å². The molecule has 0 aromatic rings. The first-order valence-electron chi connectivity index (χ1n) is 24.5. The average Bonchev–Trinajstić information content (AvgIpc) is 3.19. The molecule has 0 aromatic heterocycles. The second kappa shape index (κ2) is 41.8. The summed E-state index contributed by atoms with van der Waals surface area (Å²) in [6.07, 6.45) is 38.5. The smallest absolute Gasteiger partial charge is 0.308 e. The van der Waals surface area contributed by atoms with Crippen LogP contribution in [0.25, 0.3) is 0 Å². The van der Waals surface area contributed by atoms with Crippen molar-refractivity contribution in [3.8, 4) is 0 Å². The van der Waals surface area contributed by atoms with Crippen LogP contribution < -0.4 is 0 Å². The first-order valence-corrected chi connectivity index (χ1v) is 25.1. The van der Waals surface area contributed by atoms with Crippen LogP contribution in [0.4, 0.5) is 0 Å². The van der Waals surface area contributed by atoms with E-state index in [2.05, 4.69) is 27.7 Å². The number of carbonyl (C=O) groups excluding carboxylic acids is 3. The molecule has 0 N–H and O–H groups in total. The van der Waals surface area contributed by atoms with Crippen molar-refractivity contribution in [3.63, 3.8) is 0 Å². The van der Waals surface area contributed by atoms with Gasteiger partial charge in [0.05, 0.1) is 24.9 Å². The van der Waals surface area contributed by atoms with Gasteiger partial charge < -0.3 is 14.4 Å². The SMILES string of the molecule is CCCCCCCCCC(CCCCCCCCC)C(=O)OCCN(CCOC(=O)C(CCCCCCCCC)CCCCCCCCC)C(=O)C(C)CCCl. The highest BCUT2D eigenvalue weighted by atomic mass is 35.5. The molecule has 0 heterocycles. The summed E-state index contributed by atoms with van der Waals surface area (Å²) in [4.78, 5) is 42.1. The van der Waals surface area contributed by atoms with E-state index in [-0.39, 0.29) is 48.8 Å². The van der Waals surface area contributed by atoms with Gasteiger partial charge in [-0.2, -0.15) is 0 Å². The third kappa shape index (κ3) is 32.6. The van der Waals surface area contributed by atoms with Gasteiger partial charge in [0.1, 0.15) is 13.2 Å². The number of halogens is 1. The van der Waals surface area contributed by atoms with Crippen LogP contribution in [0.3, 0.4) is 0 Å². The minimum atomic E-state index is -0.247. The summed E-state index contributed by atoms with van der Waals surface area (Å²) in [5.41, 5.74) is 0. The number of esters is 2. The average molecular weight is 813 g/mol. The van der Waals surface area contributed by atoms with Gasteiger partial charge in [0.25, 0.3) is 0 Å². The molecule has 332 valence electrons. The van der Waals surface area contributed by atoms with Crippen LogP contribution >= 0.6 is 11.6 Å². The van der Waals surface area contributed by atoms with Crippen LogP contribution in [0.2, 0.25) is 0 Å². The van der Waals surface area contributed by atoms with Crippen molar-refractivity contribution in [1.82, 2.24) is 4.90 Å². The molecule has 56 heavy (non-hydrogen) atoms. The van der Waals surface area contributed by atoms with E-state index in [1.165, 1.54) is 154 Å². The van der Waals surface area contributed by atoms with E-state index >= 15 is 0 Å². The number of ether oxygens (including phenoxy) is 2. The molecule has 0 aromatic carbocycles. The summed E-state index contributed by atoms with van der Waals surface area (Å²) in [6.45, 7) is 11.8. The van der Waals surface area contributed by atoms with Gasteiger partial charge in [-0.05, 0) is 32.1 Å². The van der Waals surface area contributed by atoms with Gasteiger partial charge in [-0.15, -0.1) is 11.6 Å². The molecule has 0 fully saturated rings. The van der Waals surface area contributed by atoms with Gasteiger partial charge in [0.15, 0.2) is 0 Å². The molecular weight excluding hydrogens is 718 g/mol. The summed E-state index contributed by atoms with van der Waals surface area (Å²) in [6, 6.07) is 0. The first-order chi connectivity index (χ1) is 27.4. The molecule has 0 aliphatic rings. The summed E-state index contributed by atoms with van der Waals surface area (Å²) < 4.78 is 11.8. The lowest BCUT2D eigenvalue weighted by Crippen LogP contribution is -2.41. The van der Waals surface area contributed by atoms with Gasteiger partial charge >= 0.3 is 11.9 Å². The molecule has 0 saturated heterocycles. The van der Waals surface area contributed by atoms with Crippen LogP contribution in [0.5, 0.6) is 0 Å². The Hall–Kier alpha value is -1.30. The van der Waals surface area contributed by atoms with E-state index in [0.717, 1.165) is 51.4 Å². The Morgan fingerprint density at radius 3 is 0.964 bits per heavy atom. The zero-order valence-corrected chi connectivity index (χ0v) is 38.7. The van der Waals surface area contributed by atoms with Crippen LogP contribution in [0.1, 0.15) is 247 Å². The highest BCUT2D eigenvalue weighted by molar-refractivity contribution is 6.18. The van der Waals surface area contributed by atoms with Gasteiger partial charge in [-0.25, -0.2) is 0 Å². The van der Waals surface area contributed by atoms with Crippen molar-refractivity contribution in [2.45, 2.75) is 247 Å². The van der Waals surface area contributed by atoms with Crippen molar-refractivity contribution in [1.29, 1.82) is 0 Å². The summed E-state index contributed by atoms with van der Waals surface area (Å²) in [5.74, 6) is -0.256. The van der Waals surface area contributed by atoms with E-state index in [9.17, 15) is 14.4 Å². The molecule has 7 heteroatoms. The Bertz CT molecular complexity index is 791. The Morgan fingerprint density at radius 1 is 0.429 bits per heavy atom. The van der Waals surface area contributed by atoms with E-state index in [0.29, 0.717) is 25.4 Å². The van der Waals surface area contributed by atoms with Crippen molar-refractivity contribution < 1.29 is 23.9 Å². The number of unbranched alkanes of at least 4 members (excludes halogenated alkanes) is 24. The molecule has 0 radical (unpaired) electrons. The van der Waals surface area contributed by atoms with Crippen LogP contribution in [-0.2, 0) is 23.9 Å². The number of hydrogen-bond acceptors (Lipinski definition) is 5. The van der Waals surface area contributed by atoms with Gasteiger partial charge in [0.2, 0.25) is 5.91 Å². The van der Waals surface area contributed by atoms with Crippen molar-refractivity contribution in [2.24, 2.45) is 17.8 Å². The quantitative estimate of drug-likeness (QED) is 0.0348. The van der Waals surface area contributed by atoms with Crippen molar-refractivity contribution in [2.75, 3.05) is 32.2 Å². The number of hydrogen-bond donors (Lipinski definition) is 0. The highest BCUT2D eigenvalue weighted by Crippen LogP contribution is 2.23.